The van der Waals surface area contributed by atoms with Crippen LogP contribution in [0, 0.1) is 50.7 Å². The summed E-state index contributed by atoms with van der Waals surface area (Å²) in [6, 6.07) is 9.91. The lowest BCUT2D eigenvalue weighted by Crippen LogP contribution is -2.63. The van der Waals surface area contributed by atoms with Crippen LogP contribution < -0.4 is 0 Å². The molecule has 4 saturated carbocycles. The van der Waals surface area contributed by atoms with Gasteiger partial charge in [-0.3, -0.25) is 9.59 Å². The maximum atomic E-state index is 14.4. The summed E-state index contributed by atoms with van der Waals surface area (Å²) in [5.74, 6) is 1.10. The molecular weight excluding hydrogens is 510 g/mol. The fourth-order valence-electron chi connectivity index (χ4n) is 11.0. The molecule has 0 heterocycles. The van der Waals surface area contributed by atoms with E-state index in [0.717, 1.165) is 69.1 Å². The zero-order chi connectivity index (χ0) is 29.4. The first kappa shape index (κ1) is 28.7. The van der Waals surface area contributed by atoms with Crippen LogP contribution in [-0.4, -0.2) is 22.7 Å². The molecule has 0 radical (unpaired) electrons. The molecule has 5 aliphatic carbocycles. The average molecular weight is 560 g/mol. The Hall–Kier alpha value is -2.43. The van der Waals surface area contributed by atoms with Crippen molar-refractivity contribution in [1.82, 2.24) is 0 Å². The minimum atomic E-state index is -0.542. The summed E-state index contributed by atoms with van der Waals surface area (Å²) < 4.78 is 5.90. The second-order valence-electron chi connectivity index (χ2n) is 16.0. The van der Waals surface area contributed by atoms with Crippen molar-refractivity contribution in [2.75, 3.05) is 0 Å². The van der Waals surface area contributed by atoms with Crippen LogP contribution in [0.3, 0.4) is 0 Å². The third-order valence-corrected chi connectivity index (χ3v) is 13.4. The van der Waals surface area contributed by atoms with Gasteiger partial charge in [0.2, 0.25) is 0 Å². The number of carbonyl (C=O) groups excluding carboxylic acids is 2. The molecule has 5 nitrogen and oxygen atoms in total. The van der Waals surface area contributed by atoms with Gasteiger partial charge in [0.1, 0.15) is 6.61 Å². The average Bonchev–Trinajstić information content (AvgIpc) is 2.92. The Bertz CT molecular complexity index is 1300. The SMILES string of the molecule is CC12CCC3C(=CC(=O)C4C3(C)CCC3C(C)(C)/C(=N/O)CCC34C)C1C[C@@](C)(C(=O)OCc1ccccc1)CC2. The minimum Gasteiger partial charge on any atom is -0.460 e. The zero-order valence-electron chi connectivity index (χ0n) is 26.0. The van der Waals surface area contributed by atoms with Crippen LogP contribution in [0.1, 0.15) is 105 Å². The molecule has 0 saturated heterocycles. The number of fused-ring (bicyclic) bond motifs is 7. The second kappa shape index (κ2) is 9.54. The van der Waals surface area contributed by atoms with Crippen molar-refractivity contribution in [2.24, 2.45) is 55.9 Å². The molecule has 41 heavy (non-hydrogen) atoms. The van der Waals surface area contributed by atoms with Gasteiger partial charge in [0.15, 0.2) is 5.78 Å². The fourth-order valence-corrected chi connectivity index (χ4v) is 11.0. The maximum Gasteiger partial charge on any atom is 0.312 e. The van der Waals surface area contributed by atoms with Crippen molar-refractivity contribution in [2.45, 2.75) is 106 Å². The molecule has 5 aliphatic rings. The number of ether oxygens (including phenoxy) is 1. The molecule has 0 bridgehead atoms. The number of hydrogen-bond acceptors (Lipinski definition) is 5. The smallest absolute Gasteiger partial charge is 0.312 e. The summed E-state index contributed by atoms with van der Waals surface area (Å²) >= 11 is 0. The molecular formula is C36H49NO4. The standard InChI is InChI=1S/C36H49NO4/c1-32(2)28-13-16-35(5)25-12-15-33(3)18-19-34(4,31(39)41-22-23-10-8-7-9-11-23)21-26(33)24(25)20-27(38)30(35)36(28,6)17-14-29(32)37-40/h7-11,20,25-26,28,30,40H,12-19,21-22H2,1-6H3/b37-29+/t25?,26?,28?,30?,33?,34-,35?,36?/m0/s1. The number of esters is 1. The van der Waals surface area contributed by atoms with Crippen molar-refractivity contribution in [3.8, 4) is 0 Å². The molecule has 1 aromatic carbocycles. The van der Waals surface area contributed by atoms with E-state index in [-0.39, 0.29) is 39.5 Å². The molecule has 4 fully saturated rings. The van der Waals surface area contributed by atoms with E-state index in [4.69, 9.17) is 4.74 Å². The first-order valence-electron chi connectivity index (χ1n) is 16.0. The number of allylic oxidation sites excluding steroid dienone is 2. The third-order valence-electron chi connectivity index (χ3n) is 13.4. The highest BCUT2D eigenvalue weighted by molar-refractivity contribution is 5.96. The van der Waals surface area contributed by atoms with Crippen LogP contribution in [0.15, 0.2) is 47.1 Å². The van der Waals surface area contributed by atoms with Crippen molar-refractivity contribution >= 4 is 17.5 Å². The Labute approximate surface area is 246 Å². The van der Waals surface area contributed by atoms with Crippen molar-refractivity contribution in [1.29, 1.82) is 0 Å². The van der Waals surface area contributed by atoms with Crippen LogP contribution >= 0.6 is 0 Å². The van der Waals surface area contributed by atoms with E-state index in [9.17, 15) is 14.8 Å². The summed E-state index contributed by atoms with van der Waals surface area (Å²) in [7, 11) is 0. The van der Waals surface area contributed by atoms with Crippen LogP contribution in [0.2, 0.25) is 0 Å². The minimum absolute atomic E-state index is 0.0165. The van der Waals surface area contributed by atoms with E-state index in [1.807, 2.05) is 30.3 Å². The van der Waals surface area contributed by atoms with Gasteiger partial charge in [0.25, 0.3) is 0 Å². The van der Waals surface area contributed by atoms with Crippen molar-refractivity contribution in [3.05, 3.63) is 47.5 Å². The number of carbonyl (C=O) groups is 2. The lowest BCUT2D eigenvalue weighted by molar-refractivity contribution is -0.165. The fraction of sp³-hybridized carbons (Fsp3) is 0.694. The Balaban J connectivity index is 1.30. The van der Waals surface area contributed by atoms with Gasteiger partial charge >= 0.3 is 5.97 Å². The second-order valence-corrected chi connectivity index (χ2v) is 16.0. The highest BCUT2D eigenvalue weighted by Gasteiger charge is 2.66. The quantitative estimate of drug-likeness (QED) is 0.230. The van der Waals surface area contributed by atoms with E-state index in [1.165, 1.54) is 5.57 Å². The molecule has 0 amide bonds. The van der Waals surface area contributed by atoms with Crippen LogP contribution in [0.5, 0.6) is 0 Å². The number of hydrogen-bond donors (Lipinski definition) is 1. The number of nitrogens with zero attached hydrogens (tertiary/aromatic N) is 1. The molecule has 0 spiro atoms. The van der Waals surface area contributed by atoms with Gasteiger partial charge in [-0.15, -0.1) is 0 Å². The molecule has 0 aliphatic heterocycles. The topological polar surface area (TPSA) is 76.0 Å². The highest BCUT2D eigenvalue weighted by atomic mass is 16.5. The molecule has 1 aromatic rings. The molecule has 1 N–H and O–H groups in total. The Morgan fingerprint density at radius 2 is 1.66 bits per heavy atom. The molecule has 0 aromatic heterocycles. The Morgan fingerprint density at radius 1 is 0.927 bits per heavy atom. The number of benzene rings is 1. The van der Waals surface area contributed by atoms with E-state index in [1.54, 1.807) is 0 Å². The molecule has 5 heteroatoms. The highest BCUT2D eigenvalue weighted by Crippen LogP contribution is 2.71. The summed E-state index contributed by atoms with van der Waals surface area (Å²) in [4.78, 5) is 28.0. The molecule has 8 atom stereocenters. The molecule has 7 unspecified atom stereocenters. The van der Waals surface area contributed by atoms with E-state index in [0.29, 0.717) is 24.2 Å². The number of rotatable bonds is 3. The van der Waals surface area contributed by atoms with Crippen molar-refractivity contribution < 1.29 is 19.5 Å². The summed E-state index contributed by atoms with van der Waals surface area (Å²) in [5.41, 5.74) is 2.38. The third kappa shape index (κ3) is 4.19. The van der Waals surface area contributed by atoms with E-state index < -0.39 is 5.41 Å². The van der Waals surface area contributed by atoms with Crippen LogP contribution in [0.4, 0.5) is 0 Å². The first-order chi connectivity index (χ1) is 19.3. The maximum absolute atomic E-state index is 14.4. The summed E-state index contributed by atoms with van der Waals surface area (Å²) in [5, 5.41) is 13.5. The Kier molecular flexibility index (Phi) is 6.67. The monoisotopic (exact) mass is 559 g/mol. The number of oxime groups is 1. The van der Waals surface area contributed by atoms with Gasteiger partial charge in [-0.1, -0.05) is 75.7 Å². The number of ketones is 1. The molecule has 6 rings (SSSR count). The van der Waals surface area contributed by atoms with Crippen molar-refractivity contribution in [3.63, 3.8) is 0 Å². The van der Waals surface area contributed by atoms with Crippen LogP contribution in [-0.2, 0) is 20.9 Å². The van der Waals surface area contributed by atoms with Gasteiger partial charge in [-0.05, 0) is 110 Å². The van der Waals surface area contributed by atoms with E-state index in [2.05, 4.69) is 52.8 Å². The summed E-state index contributed by atoms with van der Waals surface area (Å²) in [6.45, 7) is 14.0. The first-order valence-corrected chi connectivity index (χ1v) is 16.0. The van der Waals surface area contributed by atoms with Gasteiger partial charge in [0, 0.05) is 11.3 Å². The normalized spacial score (nSPS) is 44.1. The van der Waals surface area contributed by atoms with Gasteiger partial charge in [-0.2, -0.15) is 0 Å². The van der Waals surface area contributed by atoms with Gasteiger partial charge in [-0.25, -0.2) is 0 Å². The summed E-state index contributed by atoms with van der Waals surface area (Å²) in [6.07, 6.45) is 10.7. The predicted octanol–water partition coefficient (Wildman–Crippen LogP) is 8.15. The van der Waals surface area contributed by atoms with E-state index >= 15 is 0 Å². The Morgan fingerprint density at radius 3 is 2.37 bits per heavy atom. The van der Waals surface area contributed by atoms with Gasteiger partial charge < -0.3 is 9.94 Å². The molecule has 222 valence electrons. The van der Waals surface area contributed by atoms with Crippen LogP contribution in [0.25, 0.3) is 0 Å². The lowest BCUT2D eigenvalue weighted by atomic mass is 9.37. The van der Waals surface area contributed by atoms with Gasteiger partial charge in [0.05, 0.1) is 11.1 Å². The predicted molar refractivity (Wildman–Crippen MR) is 160 cm³/mol. The lowest BCUT2D eigenvalue weighted by Gasteiger charge is -2.66. The zero-order valence-corrected chi connectivity index (χ0v) is 26.0. The largest absolute Gasteiger partial charge is 0.460 e.